The summed E-state index contributed by atoms with van der Waals surface area (Å²) in [5, 5.41) is 0. The summed E-state index contributed by atoms with van der Waals surface area (Å²) in [5.41, 5.74) is -4.38. The first-order valence-electron chi connectivity index (χ1n) is 8.11. The predicted octanol–water partition coefficient (Wildman–Crippen LogP) is 3.93. The quantitative estimate of drug-likeness (QED) is 0.740. The minimum atomic E-state index is -5.80. The molecule has 0 radical (unpaired) electrons. The van der Waals surface area contributed by atoms with Crippen LogP contribution in [0.1, 0.15) is 24.0 Å². The van der Waals surface area contributed by atoms with Crippen molar-refractivity contribution in [2.24, 2.45) is 0 Å². The number of halogens is 3. The largest absolute Gasteiger partial charge is 0.516 e. The van der Waals surface area contributed by atoms with Gasteiger partial charge in [0, 0.05) is 11.5 Å². The lowest BCUT2D eigenvalue weighted by atomic mass is 9.88. The summed E-state index contributed by atoms with van der Waals surface area (Å²) >= 11 is 0. The lowest BCUT2D eigenvalue weighted by Crippen LogP contribution is -2.45. The van der Waals surface area contributed by atoms with Crippen LogP contribution in [0.5, 0.6) is 0 Å². The third-order valence-corrected chi connectivity index (χ3v) is 6.07. The van der Waals surface area contributed by atoms with E-state index in [0.717, 1.165) is 0 Å². The van der Waals surface area contributed by atoms with Gasteiger partial charge in [0.05, 0.1) is 6.04 Å². The van der Waals surface area contributed by atoms with Crippen molar-refractivity contribution in [1.82, 2.24) is 4.31 Å². The average Bonchev–Trinajstić information content (AvgIpc) is 2.86. The fourth-order valence-electron chi connectivity index (χ4n) is 3.28. The zero-order valence-corrected chi connectivity index (χ0v) is 15.0. The van der Waals surface area contributed by atoms with Gasteiger partial charge in [-0.15, -0.1) is 0 Å². The van der Waals surface area contributed by atoms with Crippen LogP contribution >= 0.6 is 0 Å². The third-order valence-electron chi connectivity index (χ3n) is 4.47. The fourth-order valence-corrected chi connectivity index (χ4v) is 4.39. The van der Waals surface area contributed by atoms with Crippen LogP contribution in [-0.2, 0) is 14.8 Å². The molecule has 0 saturated carbocycles. The lowest BCUT2D eigenvalue weighted by molar-refractivity contribution is -0.122. The molecule has 1 heterocycles. The van der Waals surface area contributed by atoms with E-state index in [1.54, 1.807) is 60.7 Å². The van der Waals surface area contributed by atoms with Gasteiger partial charge in [0.2, 0.25) is 0 Å². The van der Waals surface area contributed by atoms with E-state index in [9.17, 15) is 26.4 Å². The van der Waals surface area contributed by atoms with Crippen molar-refractivity contribution in [1.29, 1.82) is 0 Å². The zero-order chi connectivity index (χ0) is 19.8. The van der Waals surface area contributed by atoms with Crippen LogP contribution in [0.3, 0.4) is 0 Å². The van der Waals surface area contributed by atoms with Crippen LogP contribution in [0.4, 0.5) is 13.2 Å². The van der Waals surface area contributed by atoms with Gasteiger partial charge in [-0.25, -0.2) is 4.31 Å². The Morgan fingerprint density at radius 3 is 2.00 bits per heavy atom. The highest BCUT2D eigenvalue weighted by atomic mass is 32.2. The maximum atomic E-state index is 13.1. The van der Waals surface area contributed by atoms with Gasteiger partial charge >= 0.3 is 15.5 Å². The van der Waals surface area contributed by atoms with Crippen LogP contribution in [0.15, 0.2) is 66.2 Å². The second kappa shape index (κ2) is 6.84. The van der Waals surface area contributed by atoms with E-state index in [4.69, 9.17) is 0 Å². The molecule has 1 aliphatic rings. The molecule has 2 aromatic carbocycles. The molecule has 1 unspecified atom stereocenters. The Hall–Kier alpha value is -2.61. The van der Waals surface area contributed by atoms with Crippen LogP contribution in [0, 0.1) is 0 Å². The first-order valence-corrected chi connectivity index (χ1v) is 9.55. The first kappa shape index (κ1) is 19.2. The van der Waals surface area contributed by atoms with Crippen molar-refractivity contribution in [3.8, 4) is 0 Å². The Bertz CT molecular complexity index is 970. The number of nitrogens with zero attached hydrogens (tertiary/aromatic N) is 1. The average molecular weight is 395 g/mol. The molecule has 27 heavy (non-hydrogen) atoms. The number of alkyl halides is 3. The Balaban J connectivity index is 2.18. The SMILES string of the molecule is C[C@@H]1C(c2ccccc2)/C(=C\c2ccccc2)C(=O)N1S(=O)(=O)C(F)(F)F. The van der Waals surface area contributed by atoms with Gasteiger partial charge in [-0.3, -0.25) is 4.79 Å². The standard InChI is InChI=1S/C19H16F3NO3S/c1-13-17(15-10-6-3-7-11-15)16(12-14-8-4-2-5-9-14)18(24)23(13)27(25,26)19(20,21)22/h2-13,17H,1H3/b16-12+/t13-,17?/m1/s1. The molecule has 3 rings (SSSR count). The maximum absolute atomic E-state index is 13.1. The second-order valence-electron chi connectivity index (χ2n) is 6.19. The van der Waals surface area contributed by atoms with Crippen LogP contribution in [0.2, 0.25) is 0 Å². The molecule has 0 spiro atoms. The summed E-state index contributed by atoms with van der Waals surface area (Å²) in [7, 11) is -5.80. The molecule has 0 aliphatic carbocycles. The van der Waals surface area contributed by atoms with E-state index in [0.29, 0.717) is 11.1 Å². The highest BCUT2D eigenvalue weighted by molar-refractivity contribution is 7.90. The number of hydrogen-bond donors (Lipinski definition) is 0. The molecule has 1 aliphatic heterocycles. The fraction of sp³-hybridized carbons (Fsp3) is 0.211. The van der Waals surface area contributed by atoms with Gasteiger partial charge < -0.3 is 0 Å². The third kappa shape index (κ3) is 3.37. The highest BCUT2D eigenvalue weighted by Gasteiger charge is 2.58. The van der Waals surface area contributed by atoms with Crippen molar-refractivity contribution in [2.75, 3.05) is 0 Å². The minimum Gasteiger partial charge on any atom is -0.268 e. The van der Waals surface area contributed by atoms with Gasteiger partial charge in [-0.1, -0.05) is 60.7 Å². The van der Waals surface area contributed by atoms with Crippen molar-refractivity contribution in [2.45, 2.75) is 24.4 Å². The number of benzene rings is 2. The van der Waals surface area contributed by atoms with E-state index in [2.05, 4.69) is 0 Å². The zero-order valence-electron chi connectivity index (χ0n) is 14.2. The summed E-state index contributed by atoms with van der Waals surface area (Å²) in [6.45, 7) is 1.31. The summed E-state index contributed by atoms with van der Waals surface area (Å²) in [6, 6.07) is 15.8. The Kier molecular flexibility index (Phi) is 4.86. The number of carbonyl (C=O) groups is 1. The van der Waals surface area contributed by atoms with E-state index in [1.165, 1.54) is 13.0 Å². The van der Waals surface area contributed by atoms with Crippen molar-refractivity contribution in [3.05, 3.63) is 77.4 Å². The molecule has 1 saturated heterocycles. The van der Waals surface area contributed by atoms with Crippen LogP contribution < -0.4 is 0 Å². The molecule has 4 nitrogen and oxygen atoms in total. The second-order valence-corrected chi connectivity index (χ2v) is 8.00. The molecule has 1 amide bonds. The number of sulfonamides is 1. The first-order chi connectivity index (χ1) is 12.6. The van der Waals surface area contributed by atoms with E-state index in [1.807, 2.05) is 0 Å². The van der Waals surface area contributed by atoms with E-state index >= 15 is 0 Å². The number of carbonyl (C=O) groups excluding carboxylic acids is 1. The smallest absolute Gasteiger partial charge is 0.268 e. The minimum absolute atomic E-state index is 0.00715. The van der Waals surface area contributed by atoms with Gasteiger partial charge in [0.15, 0.2) is 0 Å². The summed E-state index contributed by atoms with van der Waals surface area (Å²) in [5.74, 6) is -1.96. The lowest BCUT2D eigenvalue weighted by Gasteiger charge is -2.24. The Morgan fingerprint density at radius 2 is 1.48 bits per heavy atom. The number of amides is 1. The molecule has 142 valence electrons. The topological polar surface area (TPSA) is 54.5 Å². The van der Waals surface area contributed by atoms with Gasteiger partial charge in [0.1, 0.15) is 0 Å². The van der Waals surface area contributed by atoms with Crippen molar-refractivity contribution < 1.29 is 26.4 Å². The van der Waals surface area contributed by atoms with Gasteiger partial charge in [0.25, 0.3) is 5.91 Å². The predicted molar refractivity (Wildman–Crippen MR) is 94.9 cm³/mol. The van der Waals surface area contributed by atoms with Crippen molar-refractivity contribution in [3.63, 3.8) is 0 Å². The molecule has 0 aromatic heterocycles. The Labute approximate surface area is 155 Å². The molecule has 8 heteroatoms. The number of hydrogen-bond acceptors (Lipinski definition) is 3. The maximum Gasteiger partial charge on any atom is 0.516 e. The monoisotopic (exact) mass is 395 g/mol. The summed E-state index contributed by atoms with van der Waals surface area (Å²) in [4.78, 5) is 12.8. The molecule has 2 aromatic rings. The molecule has 2 atom stereocenters. The molecule has 0 N–H and O–H groups in total. The molecule has 1 fully saturated rings. The van der Waals surface area contributed by atoms with E-state index < -0.39 is 33.4 Å². The summed E-state index contributed by atoms with van der Waals surface area (Å²) < 4.78 is 63.3. The molecular weight excluding hydrogens is 379 g/mol. The van der Waals surface area contributed by atoms with Gasteiger partial charge in [-0.05, 0) is 24.1 Å². The highest BCUT2D eigenvalue weighted by Crippen LogP contribution is 2.43. The van der Waals surface area contributed by atoms with Crippen LogP contribution in [-0.4, -0.2) is 30.2 Å². The Morgan fingerprint density at radius 1 is 0.963 bits per heavy atom. The van der Waals surface area contributed by atoms with Crippen molar-refractivity contribution >= 4 is 22.0 Å². The van der Waals surface area contributed by atoms with Gasteiger partial charge in [-0.2, -0.15) is 21.6 Å². The molecular formula is C19H16F3NO3S. The van der Waals surface area contributed by atoms with Crippen LogP contribution in [0.25, 0.3) is 6.08 Å². The molecule has 0 bridgehead atoms. The van der Waals surface area contributed by atoms with E-state index in [-0.39, 0.29) is 9.88 Å². The number of rotatable bonds is 3. The normalized spacial score (nSPS) is 22.4. The summed E-state index contributed by atoms with van der Waals surface area (Å²) in [6.07, 6.45) is 1.45.